The number of carbonyl (C=O) groups is 2. The highest BCUT2D eigenvalue weighted by Gasteiger charge is 2.30. The van der Waals surface area contributed by atoms with E-state index in [4.69, 9.17) is 32.7 Å². The van der Waals surface area contributed by atoms with Crippen LogP contribution in [0.4, 0.5) is 5.69 Å². The van der Waals surface area contributed by atoms with Gasteiger partial charge in [0.15, 0.2) is 5.17 Å². The summed E-state index contributed by atoms with van der Waals surface area (Å²) in [7, 11) is 2.98. The second-order valence-electron chi connectivity index (χ2n) is 7.47. The van der Waals surface area contributed by atoms with E-state index in [1.807, 2.05) is 30.3 Å². The minimum absolute atomic E-state index is 0.187. The van der Waals surface area contributed by atoms with Crippen molar-refractivity contribution < 1.29 is 19.1 Å². The molecule has 35 heavy (non-hydrogen) atoms. The van der Waals surface area contributed by atoms with Gasteiger partial charge >= 0.3 is 5.97 Å². The lowest BCUT2D eigenvalue weighted by molar-refractivity contribution is -0.121. The molecule has 1 aliphatic rings. The lowest BCUT2D eigenvalue weighted by Crippen LogP contribution is -2.23. The molecule has 0 saturated carbocycles. The van der Waals surface area contributed by atoms with Crippen LogP contribution in [0.1, 0.15) is 21.5 Å². The predicted molar refractivity (Wildman–Crippen MR) is 140 cm³/mol. The SMILES string of the molecule is COC(=O)c1cccc(N=C2SC(=Cc3ccccc3OCc3ccc(Cl)cc3Cl)C(=O)N2C)c1. The number of benzene rings is 3. The number of ether oxygens (including phenoxy) is 2. The summed E-state index contributed by atoms with van der Waals surface area (Å²) in [5.74, 6) is -0.0284. The molecule has 1 heterocycles. The first-order valence-corrected chi connectivity index (χ1v) is 12.0. The van der Waals surface area contributed by atoms with Crippen molar-refractivity contribution in [1.82, 2.24) is 4.90 Å². The van der Waals surface area contributed by atoms with Gasteiger partial charge in [0.25, 0.3) is 5.91 Å². The third-order valence-corrected chi connectivity index (χ3v) is 6.75. The van der Waals surface area contributed by atoms with Crippen molar-refractivity contribution in [3.8, 4) is 5.75 Å². The zero-order valence-corrected chi connectivity index (χ0v) is 21.2. The lowest BCUT2D eigenvalue weighted by atomic mass is 10.1. The molecule has 178 valence electrons. The van der Waals surface area contributed by atoms with E-state index in [-0.39, 0.29) is 12.5 Å². The molecular formula is C26H20Cl2N2O4S. The van der Waals surface area contributed by atoms with E-state index >= 15 is 0 Å². The van der Waals surface area contributed by atoms with Gasteiger partial charge in [0, 0.05) is 28.2 Å². The Labute approximate surface area is 217 Å². The van der Waals surface area contributed by atoms with Crippen molar-refractivity contribution in [2.24, 2.45) is 4.99 Å². The van der Waals surface area contributed by atoms with Crippen LogP contribution >= 0.6 is 35.0 Å². The first-order valence-electron chi connectivity index (χ1n) is 10.5. The van der Waals surface area contributed by atoms with Crippen molar-refractivity contribution in [3.05, 3.63) is 98.4 Å². The highest BCUT2D eigenvalue weighted by atomic mass is 35.5. The van der Waals surface area contributed by atoms with Crippen LogP contribution < -0.4 is 4.74 Å². The summed E-state index contributed by atoms with van der Waals surface area (Å²) in [6.07, 6.45) is 1.77. The minimum Gasteiger partial charge on any atom is -0.488 e. The Balaban J connectivity index is 1.56. The fraction of sp³-hybridized carbons (Fsp3) is 0.115. The first kappa shape index (κ1) is 24.9. The molecule has 1 saturated heterocycles. The lowest BCUT2D eigenvalue weighted by Gasteiger charge is -2.11. The Morgan fingerprint density at radius 3 is 2.66 bits per heavy atom. The van der Waals surface area contributed by atoms with E-state index in [0.29, 0.717) is 37.1 Å². The Bertz CT molecular complexity index is 1360. The number of aliphatic imine (C=N–C) groups is 1. The Hall–Kier alpha value is -3.26. The summed E-state index contributed by atoms with van der Waals surface area (Å²) in [6.45, 7) is 0.250. The standard InChI is InChI=1S/C26H20Cl2N2O4S/c1-30-24(31)23(35-26(30)29-20-8-5-7-17(12-20)25(32)33-2)13-16-6-3-4-9-22(16)34-15-18-10-11-19(27)14-21(18)28/h3-14H,15H2,1-2H3. The number of halogens is 2. The number of carbonyl (C=O) groups excluding carboxylic acids is 2. The summed E-state index contributed by atoms with van der Waals surface area (Å²) in [5.41, 5.74) is 2.47. The highest BCUT2D eigenvalue weighted by Crippen LogP contribution is 2.35. The maximum Gasteiger partial charge on any atom is 0.337 e. The third-order valence-electron chi connectivity index (χ3n) is 5.10. The molecule has 9 heteroatoms. The van der Waals surface area contributed by atoms with Gasteiger partial charge in [-0.05, 0) is 54.2 Å². The van der Waals surface area contributed by atoms with Gasteiger partial charge in [-0.1, -0.05) is 53.5 Å². The Kier molecular flexibility index (Phi) is 7.80. The molecular weight excluding hydrogens is 507 g/mol. The second-order valence-corrected chi connectivity index (χ2v) is 9.33. The van der Waals surface area contributed by atoms with Crippen molar-refractivity contribution >= 4 is 63.8 Å². The summed E-state index contributed by atoms with van der Waals surface area (Å²) >= 11 is 13.5. The van der Waals surface area contributed by atoms with E-state index < -0.39 is 5.97 Å². The van der Waals surface area contributed by atoms with Gasteiger partial charge in [0.05, 0.1) is 23.3 Å². The highest BCUT2D eigenvalue weighted by molar-refractivity contribution is 8.18. The molecule has 1 aliphatic heterocycles. The van der Waals surface area contributed by atoms with Crippen molar-refractivity contribution in [2.75, 3.05) is 14.2 Å². The van der Waals surface area contributed by atoms with Gasteiger partial charge in [-0.2, -0.15) is 0 Å². The maximum atomic E-state index is 12.9. The number of thioether (sulfide) groups is 1. The van der Waals surface area contributed by atoms with Crippen LogP contribution in [0, 0.1) is 0 Å². The molecule has 0 aliphatic carbocycles. The number of hydrogen-bond acceptors (Lipinski definition) is 6. The predicted octanol–water partition coefficient (Wildman–Crippen LogP) is 6.59. The van der Waals surface area contributed by atoms with Crippen LogP contribution in [-0.4, -0.2) is 36.1 Å². The molecule has 4 rings (SSSR count). The van der Waals surface area contributed by atoms with Crippen molar-refractivity contribution in [3.63, 3.8) is 0 Å². The van der Waals surface area contributed by atoms with E-state index in [0.717, 1.165) is 11.1 Å². The van der Waals surface area contributed by atoms with Gasteiger partial charge in [0.1, 0.15) is 12.4 Å². The van der Waals surface area contributed by atoms with Gasteiger partial charge in [0.2, 0.25) is 0 Å². The monoisotopic (exact) mass is 526 g/mol. The number of likely N-dealkylation sites (N-methyl/N-ethyl adjacent to an activating group) is 1. The minimum atomic E-state index is -0.451. The van der Waals surface area contributed by atoms with E-state index in [9.17, 15) is 9.59 Å². The molecule has 3 aromatic carbocycles. The average Bonchev–Trinajstić information content (AvgIpc) is 3.11. The zero-order chi connectivity index (χ0) is 24.9. The third kappa shape index (κ3) is 5.88. The van der Waals surface area contributed by atoms with E-state index in [1.165, 1.54) is 23.8 Å². The molecule has 0 radical (unpaired) electrons. The molecule has 0 N–H and O–H groups in total. The number of para-hydroxylation sites is 1. The largest absolute Gasteiger partial charge is 0.488 e. The molecule has 0 unspecified atom stereocenters. The van der Waals surface area contributed by atoms with Crippen LogP contribution in [-0.2, 0) is 16.1 Å². The number of amidine groups is 1. The molecule has 1 amide bonds. The number of nitrogens with zero attached hydrogens (tertiary/aromatic N) is 2. The van der Waals surface area contributed by atoms with E-state index in [1.54, 1.807) is 49.5 Å². The van der Waals surface area contributed by atoms with Crippen LogP contribution in [0.5, 0.6) is 5.75 Å². The maximum absolute atomic E-state index is 12.9. The average molecular weight is 527 g/mol. The molecule has 0 aromatic heterocycles. The van der Waals surface area contributed by atoms with Gasteiger partial charge in [-0.15, -0.1) is 0 Å². The molecule has 3 aromatic rings. The number of amides is 1. The van der Waals surface area contributed by atoms with E-state index in [2.05, 4.69) is 4.99 Å². The number of rotatable bonds is 6. The summed E-state index contributed by atoms with van der Waals surface area (Å²) < 4.78 is 10.8. The molecule has 0 bridgehead atoms. The van der Waals surface area contributed by atoms with Gasteiger partial charge < -0.3 is 9.47 Å². The van der Waals surface area contributed by atoms with Crippen molar-refractivity contribution in [1.29, 1.82) is 0 Å². The molecule has 1 fully saturated rings. The first-order chi connectivity index (χ1) is 16.9. The second kappa shape index (κ2) is 11.0. The number of hydrogen-bond donors (Lipinski definition) is 0. The fourth-order valence-electron chi connectivity index (χ4n) is 3.25. The quantitative estimate of drug-likeness (QED) is 0.267. The smallest absolute Gasteiger partial charge is 0.337 e. The number of esters is 1. The molecule has 6 nitrogen and oxygen atoms in total. The van der Waals surface area contributed by atoms with Crippen LogP contribution in [0.3, 0.4) is 0 Å². The molecule has 0 atom stereocenters. The molecule has 0 spiro atoms. The van der Waals surface area contributed by atoms with Crippen LogP contribution in [0.2, 0.25) is 10.0 Å². The van der Waals surface area contributed by atoms with Gasteiger partial charge in [-0.3, -0.25) is 9.69 Å². The Morgan fingerprint density at radius 2 is 1.89 bits per heavy atom. The fourth-order valence-corrected chi connectivity index (χ4v) is 4.69. The number of methoxy groups -OCH3 is 1. The summed E-state index contributed by atoms with van der Waals surface area (Å²) in [5, 5.41) is 1.57. The summed E-state index contributed by atoms with van der Waals surface area (Å²) in [6, 6.07) is 19.4. The van der Waals surface area contributed by atoms with Crippen LogP contribution in [0.15, 0.2) is 76.6 Å². The Morgan fingerprint density at radius 1 is 1.09 bits per heavy atom. The zero-order valence-electron chi connectivity index (χ0n) is 18.8. The summed E-state index contributed by atoms with van der Waals surface area (Å²) in [4.78, 5) is 31.2. The normalized spacial score (nSPS) is 15.7. The topological polar surface area (TPSA) is 68.2 Å². The van der Waals surface area contributed by atoms with Crippen molar-refractivity contribution in [2.45, 2.75) is 6.61 Å². The van der Waals surface area contributed by atoms with Crippen LogP contribution in [0.25, 0.3) is 6.08 Å². The van der Waals surface area contributed by atoms with Gasteiger partial charge in [-0.25, -0.2) is 9.79 Å².